The van der Waals surface area contributed by atoms with Crippen LogP contribution < -0.4 is 10.2 Å². The Morgan fingerprint density at radius 3 is 3.14 bits per heavy atom. The number of nitrogens with one attached hydrogen (secondary N) is 1. The zero-order valence-electron chi connectivity index (χ0n) is 7.53. The van der Waals surface area contributed by atoms with Crippen molar-refractivity contribution in [2.24, 2.45) is 0 Å². The Hall–Kier alpha value is -1.10. The first-order valence-electron chi connectivity index (χ1n) is 4.45. The lowest BCUT2D eigenvalue weighted by Crippen LogP contribution is -2.47. The Kier molecular flexibility index (Phi) is 2.67. The second-order valence-electron chi connectivity index (χ2n) is 3.05. The predicted molar refractivity (Wildman–Crippen MR) is 57.3 cm³/mol. The summed E-state index contributed by atoms with van der Waals surface area (Å²) >= 11 is 3.38. The lowest BCUT2D eigenvalue weighted by molar-refractivity contribution is 0.242. The van der Waals surface area contributed by atoms with E-state index in [9.17, 15) is 4.79 Å². The van der Waals surface area contributed by atoms with Gasteiger partial charge in [-0.1, -0.05) is 0 Å². The van der Waals surface area contributed by atoms with Crippen molar-refractivity contribution < 1.29 is 4.79 Å². The zero-order chi connectivity index (χ0) is 9.97. The third-order valence-corrected chi connectivity index (χ3v) is 2.69. The molecular weight excluding hydrogens is 246 g/mol. The van der Waals surface area contributed by atoms with Gasteiger partial charge in [0.05, 0.1) is 4.47 Å². The second-order valence-corrected chi connectivity index (χ2v) is 3.90. The number of nitrogens with zero attached hydrogens (tertiary/aromatic N) is 2. The van der Waals surface area contributed by atoms with Crippen molar-refractivity contribution in [3.05, 3.63) is 22.8 Å². The molecule has 1 saturated heterocycles. The first kappa shape index (κ1) is 9.45. The maximum atomic E-state index is 11.5. The molecule has 2 heterocycles. The van der Waals surface area contributed by atoms with Crippen LogP contribution >= 0.6 is 15.9 Å². The van der Waals surface area contributed by atoms with Gasteiger partial charge in [-0.3, -0.25) is 4.90 Å². The fraction of sp³-hybridized carbons (Fsp3) is 0.333. The number of urea groups is 1. The number of pyridine rings is 1. The van der Waals surface area contributed by atoms with Crippen LogP contribution in [-0.4, -0.2) is 24.1 Å². The van der Waals surface area contributed by atoms with Gasteiger partial charge in [0.15, 0.2) is 5.82 Å². The van der Waals surface area contributed by atoms with Crippen LogP contribution in [0.4, 0.5) is 10.6 Å². The molecule has 0 radical (unpaired) electrons. The average molecular weight is 256 g/mol. The van der Waals surface area contributed by atoms with Crippen molar-refractivity contribution in [1.29, 1.82) is 0 Å². The number of anilines is 1. The van der Waals surface area contributed by atoms with Crippen molar-refractivity contribution in [1.82, 2.24) is 10.3 Å². The number of amides is 2. The fourth-order valence-electron chi connectivity index (χ4n) is 1.41. The highest BCUT2D eigenvalue weighted by Crippen LogP contribution is 2.23. The summed E-state index contributed by atoms with van der Waals surface area (Å²) < 4.78 is 0.844. The van der Waals surface area contributed by atoms with E-state index in [0.717, 1.165) is 24.0 Å². The minimum atomic E-state index is -0.0735. The van der Waals surface area contributed by atoms with Gasteiger partial charge in [-0.2, -0.15) is 0 Å². The summed E-state index contributed by atoms with van der Waals surface area (Å²) in [4.78, 5) is 17.3. The van der Waals surface area contributed by atoms with E-state index in [1.165, 1.54) is 0 Å². The Bertz CT molecular complexity index is 356. The highest BCUT2D eigenvalue weighted by Gasteiger charge is 2.21. The van der Waals surface area contributed by atoms with Crippen molar-refractivity contribution in [3.8, 4) is 0 Å². The molecule has 2 rings (SSSR count). The highest BCUT2D eigenvalue weighted by molar-refractivity contribution is 9.10. The Labute approximate surface area is 90.4 Å². The van der Waals surface area contributed by atoms with Crippen molar-refractivity contribution >= 4 is 27.8 Å². The third kappa shape index (κ3) is 1.72. The average Bonchev–Trinajstić information content (AvgIpc) is 2.20. The van der Waals surface area contributed by atoms with E-state index < -0.39 is 0 Å². The Morgan fingerprint density at radius 2 is 2.43 bits per heavy atom. The quantitative estimate of drug-likeness (QED) is 0.832. The molecule has 1 aliphatic heterocycles. The van der Waals surface area contributed by atoms with E-state index in [2.05, 4.69) is 26.2 Å². The van der Waals surface area contributed by atoms with Crippen LogP contribution in [0.15, 0.2) is 22.8 Å². The summed E-state index contributed by atoms with van der Waals surface area (Å²) in [5, 5.41) is 2.78. The molecular formula is C9H10BrN3O. The van der Waals surface area contributed by atoms with Crippen LogP contribution in [0.3, 0.4) is 0 Å². The molecule has 0 atom stereocenters. The molecule has 0 bridgehead atoms. The third-order valence-electron chi connectivity index (χ3n) is 2.07. The summed E-state index contributed by atoms with van der Waals surface area (Å²) in [7, 11) is 0. The summed E-state index contributed by atoms with van der Waals surface area (Å²) in [5.74, 6) is 0.685. The molecule has 0 aromatic carbocycles. The molecule has 0 saturated carbocycles. The Balaban J connectivity index is 2.29. The molecule has 5 heteroatoms. The zero-order valence-corrected chi connectivity index (χ0v) is 9.12. The summed E-state index contributed by atoms with van der Waals surface area (Å²) in [6.45, 7) is 1.47. The van der Waals surface area contributed by atoms with Gasteiger partial charge < -0.3 is 5.32 Å². The molecule has 0 spiro atoms. The predicted octanol–water partition coefficient (Wildman–Crippen LogP) is 1.76. The standard InChI is InChI=1S/C9H10BrN3O/c10-7-3-1-4-11-8(7)13-6-2-5-12-9(13)14/h1,3-4H,2,5-6H2,(H,12,14). The van der Waals surface area contributed by atoms with Crippen molar-refractivity contribution in [2.75, 3.05) is 18.0 Å². The van der Waals surface area contributed by atoms with Crippen molar-refractivity contribution in [3.63, 3.8) is 0 Å². The number of hydrogen-bond acceptors (Lipinski definition) is 2. The first-order valence-corrected chi connectivity index (χ1v) is 5.24. The van der Waals surface area contributed by atoms with Crippen molar-refractivity contribution in [2.45, 2.75) is 6.42 Å². The van der Waals surface area contributed by atoms with Gasteiger partial charge in [-0.15, -0.1) is 0 Å². The first-order chi connectivity index (χ1) is 6.79. The SMILES string of the molecule is O=C1NCCCN1c1ncccc1Br. The molecule has 4 nitrogen and oxygen atoms in total. The minimum Gasteiger partial charge on any atom is -0.338 e. The molecule has 74 valence electrons. The molecule has 1 fully saturated rings. The van der Waals surface area contributed by atoms with Crippen LogP contribution in [0.25, 0.3) is 0 Å². The van der Waals surface area contributed by atoms with Crippen LogP contribution in [-0.2, 0) is 0 Å². The highest BCUT2D eigenvalue weighted by atomic mass is 79.9. The number of carbonyl (C=O) groups is 1. The van der Waals surface area contributed by atoms with E-state index in [0.29, 0.717) is 5.82 Å². The maximum absolute atomic E-state index is 11.5. The largest absolute Gasteiger partial charge is 0.338 e. The number of hydrogen-bond donors (Lipinski definition) is 1. The van der Waals surface area contributed by atoms with E-state index in [1.54, 1.807) is 11.1 Å². The molecule has 2 amide bonds. The molecule has 1 N–H and O–H groups in total. The van der Waals surface area contributed by atoms with Crippen LogP contribution in [0.2, 0.25) is 0 Å². The van der Waals surface area contributed by atoms with Gasteiger partial charge in [0, 0.05) is 19.3 Å². The van der Waals surface area contributed by atoms with E-state index >= 15 is 0 Å². The fourth-order valence-corrected chi connectivity index (χ4v) is 1.88. The summed E-state index contributed by atoms with van der Waals surface area (Å²) in [6.07, 6.45) is 2.64. The van der Waals surface area contributed by atoms with Gasteiger partial charge in [0.1, 0.15) is 0 Å². The molecule has 14 heavy (non-hydrogen) atoms. The van der Waals surface area contributed by atoms with Crippen LogP contribution in [0.5, 0.6) is 0 Å². The molecule has 0 unspecified atom stereocenters. The molecule has 0 aliphatic carbocycles. The van der Waals surface area contributed by atoms with E-state index in [4.69, 9.17) is 0 Å². The number of rotatable bonds is 1. The Morgan fingerprint density at radius 1 is 1.57 bits per heavy atom. The van der Waals surface area contributed by atoms with Crippen LogP contribution in [0.1, 0.15) is 6.42 Å². The topological polar surface area (TPSA) is 45.2 Å². The van der Waals surface area contributed by atoms with E-state index in [-0.39, 0.29) is 6.03 Å². The lowest BCUT2D eigenvalue weighted by atomic mass is 10.3. The van der Waals surface area contributed by atoms with Crippen LogP contribution in [0, 0.1) is 0 Å². The van der Waals surface area contributed by atoms with E-state index in [1.807, 2.05) is 12.1 Å². The molecule has 1 aliphatic rings. The van der Waals surface area contributed by atoms with Gasteiger partial charge in [0.25, 0.3) is 0 Å². The number of halogens is 1. The summed E-state index contributed by atoms with van der Waals surface area (Å²) in [5.41, 5.74) is 0. The maximum Gasteiger partial charge on any atom is 0.323 e. The summed E-state index contributed by atoms with van der Waals surface area (Å²) in [6, 6.07) is 3.63. The van der Waals surface area contributed by atoms with Gasteiger partial charge in [-0.25, -0.2) is 9.78 Å². The molecule has 1 aromatic rings. The smallest absolute Gasteiger partial charge is 0.323 e. The monoisotopic (exact) mass is 255 g/mol. The van der Waals surface area contributed by atoms with Gasteiger partial charge in [-0.05, 0) is 34.5 Å². The number of carbonyl (C=O) groups excluding carboxylic acids is 1. The van der Waals surface area contributed by atoms with Gasteiger partial charge in [0.2, 0.25) is 0 Å². The lowest BCUT2D eigenvalue weighted by Gasteiger charge is -2.27. The minimum absolute atomic E-state index is 0.0735. The number of aromatic nitrogens is 1. The normalized spacial score (nSPS) is 16.6. The van der Waals surface area contributed by atoms with Gasteiger partial charge >= 0.3 is 6.03 Å². The molecule has 1 aromatic heterocycles. The second kappa shape index (κ2) is 3.96.